The molecule has 0 aromatic heterocycles. The first-order valence-corrected chi connectivity index (χ1v) is 5.68. The van der Waals surface area contributed by atoms with Crippen molar-refractivity contribution in [3.8, 4) is 0 Å². The lowest BCUT2D eigenvalue weighted by atomic mass is 10.1. The Kier molecular flexibility index (Phi) is 4.34. The highest BCUT2D eigenvalue weighted by Crippen LogP contribution is 2.17. The van der Waals surface area contributed by atoms with Crippen LogP contribution in [0, 0.1) is 0 Å². The molecule has 0 spiro atoms. The van der Waals surface area contributed by atoms with Gasteiger partial charge in [-0.15, -0.1) is 0 Å². The second-order valence-corrected chi connectivity index (χ2v) is 3.99. The van der Waals surface area contributed by atoms with E-state index in [0.29, 0.717) is 13.2 Å². The van der Waals surface area contributed by atoms with Gasteiger partial charge in [-0.1, -0.05) is 30.3 Å². The molecule has 2 rings (SSSR count). The number of hydrogen-bond acceptors (Lipinski definition) is 3. The first-order valence-electron chi connectivity index (χ1n) is 5.68. The van der Waals surface area contributed by atoms with Gasteiger partial charge in [-0.25, -0.2) is 0 Å². The molecule has 1 aromatic carbocycles. The topological polar surface area (TPSA) is 27.7 Å². The zero-order valence-electron chi connectivity index (χ0n) is 9.59. The second kappa shape index (κ2) is 5.99. The van der Waals surface area contributed by atoms with Crippen LogP contribution in [0.4, 0.5) is 0 Å². The van der Waals surface area contributed by atoms with Crippen LogP contribution >= 0.6 is 0 Å². The second-order valence-electron chi connectivity index (χ2n) is 3.99. The van der Waals surface area contributed by atoms with Crippen LogP contribution < -0.4 is 0 Å². The SMILES string of the molecule is COC1CC[C@H](OCc2ccccc2)CO1. The van der Waals surface area contributed by atoms with E-state index < -0.39 is 0 Å². The highest BCUT2D eigenvalue weighted by atomic mass is 16.7. The summed E-state index contributed by atoms with van der Waals surface area (Å²) in [5.41, 5.74) is 1.20. The molecule has 88 valence electrons. The number of hydrogen-bond donors (Lipinski definition) is 0. The standard InChI is InChI=1S/C13H18O3/c1-14-13-8-7-12(10-16-13)15-9-11-5-3-2-4-6-11/h2-6,12-13H,7-10H2,1H3/t12-,13?/m0/s1. The van der Waals surface area contributed by atoms with Gasteiger partial charge in [0.05, 0.1) is 19.3 Å². The molecular formula is C13H18O3. The van der Waals surface area contributed by atoms with E-state index in [-0.39, 0.29) is 12.4 Å². The van der Waals surface area contributed by atoms with Crippen molar-refractivity contribution in [1.82, 2.24) is 0 Å². The highest BCUT2D eigenvalue weighted by molar-refractivity contribution is 5.13. The minimum Gasteiger partial charge on any atom is -0.371 e. The summed E-state index contributed by atoms with van der Waals surface area (Å²) < 4.78 is 16.4. The largest absolute Gasteiger partial charge is 0.371 e. The van der Waals surface area contributed by atoms with Crippen molar-refractivity contribution in [3.63, 3.8) is 0 Å². The smallest absolute Gasteiger partial charge is 0.157 e. The summed E-state index contributed by atoms with van der Waals surface area (Å²) in [5.74, 6) is 0. The van der Waals surface area contributed by atoms with E-state index in [0.717, 1.165) is 12.8 Å². The Morgan fingerprint density at radius 3 is 2.69 bits per heavy atom. The molecule has 1 unspecified atom stereocenters. The summed E-state index contributed by atoms with van der Waals surface area (Å²) in [6.45, 7) is 1.29. The quantitative estimate of drug-likeness (QED) is 0.782. The van der Waals surface area contributed by atoms with Crippen LogP contribution in [0.1, 0.15) is 18.4 Å². The van der Waals surface area contributed by atoms with Gasteiger partial charge in [0.1, 0.15) is 0 Å². The Hall–Kier alpha value is -0.900. The minimum atomic E-state index is -0.0448. The fraction of sp³-hybridized carbons (Fsp3) is 0.538. The highest BCUT2D eigenvalue weighted by Gasteiger charge is 2.21. The molecule has 0 saturated carbocycles. The van der Waals surface area contributed by atoms with Crippen LogP contribution in [0.5, 0.6) is 0 Å². The Morgan fingerprint density at radius 2 is 2.06 bits per heavy atom. The molecule has 1 aliphatic rings. The van der Waals surface area contributed by atoms with E-state index in [1.54, 1.807) is 7.11 Å². The average Bonchev–Trinajstić information content (AvgIpc) is 2.38. The maximum absolute atomic E-state index is 5.78. The summed E-state index contributed by atoms with van der Waals surface area (Å²) in [4.78, 5) is 0. The van der Waals surface area contributed by atoms with Gasteiger partial charge in [-0.2, -0.15) is 0 Å². The molecule has 2 atom stereocenters. The third kappa shape index (κ3) is 3.30. The summed E-state index contributed by atoms with van der Waals surface area (Å²) in [5, 5.41) is 0. The third-order valence-corrected chi connectivity index (χ3v) is 2.78. The molecule has 3 heteroatoms. The van der Waals surface area contributed by atoms with E-state index in [2.05, 4.69) is 12.1 Å². The summed E-state index contributed by atoms with van der Waals surface area (Å²) >= 11 is 0. The van der Waals surface area contributed by atoms with Crippen molar-refractivity contribution < 1.29 is 14.2 Å². The van der Waals surface area contributed by atoms with E-state index in [9.17, 15) is 0 Å². The number of ether oxygens (including phenoxy) is 3. The fourth-order valence-electron chi connectivity index (χ4n) is 1.81. The van der Waals surface area contributed by atoms with Gasteiger partial charge >= 0.3 is 0 Å². The molecule has 0 radical (unpaired) electrons. The molecule has 1 aromatic rings. The first-order chi connectivity index (χ1) is 7.88. The molecule has 1 aliphatic heterocycles. The molecule has 1 saturated heterocycles. The van der Waals surface area contributed by atoms with Gasteiger partial charge in [-0.3, -0.25) is 0 Å². The fourth-order valence-corrected chi connectivity index (χ4v) is 1.81. The van der Waals surface area contributed by atoms with Crippen LogP contribution in [0.2, 0.25) is 0 Å². The minimum absolute atomic E-state index is 0.0448. The molecule has 1 fully saturated rings. The Bertz CT molecular complexity index is 291. The molecule has 0 aliphatic carbocycles. The van der Waals surface area contributed by atoms with Gasteiger partial charge in [0.25, 0.3) is 0 Å². The van der Waals surface area contributed by atoms with Crippen molar-refractivity contribution in [1.29, 1.82) is 0 Å². The van der Waals surface area contributed by atoms with Crippen LogP contribution in [0.3, 0.4) is 0 Å². The Morgan fingerprint density at radius 1 is 1.25 bits per heavy atom. The molecule has 0 N–H and O–H groups in total. The van der Waals surface area contributed by atoms with Crippen molar-refractivity contribution >= 4 is 0 Å². The number of benzene rings is 1. The Labute approximate surface area is 96.3 Å². The van der Waals surface area contributed by atoms with Crippen LogP contribution in [-0.4, -0.2) is 26.1 Å². The predicted octanol–water partition coefficient (Wildman–Crippen LogP) is 2.35. The average molecular weight is 222 g/mol. The van der Waals surface area contributed by atoms with Crippen molar-refractivity contribution in [2.24, 2.45) is 0 Å². The molecule has 16 heavy (non-hydrogen) atoms. The number of methoxy groups -OCH3 is 1. The lowest BCUT2D eigenvalue weighted by Crippen LogP contribution is -2.32. The van der Waals surface area contributed by atoms with E-state index >= 15 is 0 Å². The van der Waals surface area contributed by atoms with Gasteiger partial charge in [0.15, 0.2) is 6.29 Å². The normalized spacial score (nSPS) is 25.6. The molecule has 3 nitrogen and oxygen atoms in total. The van der Waals surface area contributed by atoms with E-state index in [1.807, 2.05) is 18.2 Å². The Balaban J connectivity index is 1.72. The van der Waals surface area contributed by atoms with Crippen LogP contribution in [0.15, 0.2) is 30.3 Å². The van der Waals surface area contributed by atoms with Gasteiger partial charge in [-0.05, 0) is 12.0 Å². The van der Waals surface area contributed by atoms with Crippen molar-refractivity contribution in [2.75, 3.05) is 13.7 Å². The lowest BCUT2D eigenvalue weighted by molar-refractivity contribution is -0.184. The predicted molar refractivity (Wildman–Crippen MR) is 61.0 cm³/mol. The zero-order valence-corrected chi connectivity index (χ0v) is 9.59. The maximum atomic E-state index is 5.78. The molecule has 0 bridgehead atoms. The first kappa shape index (κ1) is 11.6. The lowest BCUT2D eigenvalue weighted by Gasteiger charge is -2.28. The monoisotopic (exact) mass is 222 g/mol. The zero-order chi connectivity index (χ0) is 11.2. The van der Waals surface area contributed by atoms with Gasteiger partial charge in [0, 0.05) is 13.5 Å². The molecular weight excluding hydrogens is 204 g/mol. The maximum Gasteiger partial charge on any atom is 0.157 e. The van der Waals surface area contributed by atoms with Gasteiger partial charge in [0.2, 0.25) is 0 Å². The summed E-state index contributed by atoms with van der Waals surface area (Å²) in [7, 11) is 1.68. The van der Waals surface area contributed by atoms with Crippen LogP contribution in [0.25, 0.3) is 0 Å². The summed E-state index contributed by atoms with van der Waals surface area (Å²) in [6.07, 6.45) is 2.07. The van der Waals surface area contributed by atoms with E-state index in [1.165, 1.54) is 5.56 Å². The third-order valence-electron chi connectivity index (χ3n) is 2.78. The molecule has 0 amide bonds. The van der Waals surface area contributed by atoms with Crippen molar-refractivity contribution in [3.05, 3.63) is 35.9 Å². The molecule has 1 heterocycles. The number of rotatable bonds is 4. The van der Waals surface area contributed by atoms with Crippen LogP contribution in [-0.2, 0) is 20.8 Å². The van der Waals surface area contributed by atoms with Crippen molar-refractivity contribution in [2.45, 2.75) is 31.8 Å². The summed E-state index contributed by atoms with van der Waals surface area (Å²) in [6, 6.07) is 10.2. The van der Waals surface area contributed by atoms with E-state index in [4.69, 9.17) is 14.2 Å². The van der Waals surface area contributed by atoms with Gasteiger partial charge < -0.3 is 14.2 Å².